The summed E-state index contributed by atoms with van der Waals surface area (Å²) in [4.78, 5) is 14.5. The fraction of sp³-hybridized carbons (Fsp3) is 0.650. The molecule has 0 radical (unpaired) electrons. The van der Waals surface area contributed by atoms with E-state index >= 15 is 0 Å². The summed E-state index contributed by atoms with van der Waals surface area (Å²) in [6.07, 6.45) is 4.89. The lowest BCUT2D eigenvalue weighted by atomic mass is 9.76. The average Bonchev–Trinajstić information content (AvgIpc) is 3.02. The minimum Gasteiger partial charge on any atom is -0.379 e. The SMILES string of the molecule is CCOCC1CC2(CCN(C(=O)CCc3ccccc3)CC2)CO1. The summed E-state index contributed by atoms with van der Waals surface area (Å²) >= 11 is 0. The minimum atomic E-state index is 0.241. The molecule has 4 nitrogen and oxygen atoms in total. The number of carbonyl (C=O) groups excluding carboxylic acids is 1. The van der Waals surface area contributed by atoms with Crippen LogP contribution >= 0.6 is 0 Å². The Kier molecular flexibility index (Phi) is 5.90. The molecule has 132 valence electrons. The highest BCUT2D eigenvalue weighted by molar-refractivity contribution is 5.76. The summed E-state index contributed by atoms with van der Waals surface area (Å²) in [5, 5.41) is 0. The molecule has 0 aromatic heterocycles. The zero-order chi connectivity index (χ0) is 16.8. The highest BCUT2D eigenvalue weighted by Gasteiger charge is 2.42. The van der Waals surface area contributed by atoms with Crippen molar-refractivity contribution in [2.75, 3.05) is 32.9 Å². The van der Waals surface area contributed by atoms with E-state index in [1.807, 2.05) is 30.0 Å². The van der Waals surface area contributed by atoms with Gasteiger partial charge in [-0.15, -0.1) is 0 Å². The standard InChI is InChI=1S/C20H29NO3/c1-2-23-15-18-14-20(16-24-18)10-12-21(13-11-20)19(22)9-8-17-6-4-3-5-7-17/h3-7,18H,2,8-16H2,1H3. The first-order valence-corrected chi connectivity index (χ1v) is 9.22. The van der Waals surface area contributed by atoms with Gasteiger partial charge in [0.1, 0.15) is 0 Å². The van der Waals surface area contributed by atoms with E-state index in [1.165, 1.54) is 5.56 Å². The van der Waals surface area contributed by atoms with Gasteiger partial charge >= 0.3 is 0 Å². The number of amides is 1. The Hall–Kier alpha value is -1.39. The summed E-state index contributed by atoms with van der Waals surface area (Å²) < 4.78 is 11.4. The second kappa shape index (κ2) is 8.13. The van der Waals surface area contributed by atoms with E-state index in [0.717, 1.165) is 52.0 Å². The summed E-state index contributed by atoms with van der Waals surface area (Å²) in [5.41, 5.74) is 1.51. The third-order valence-electron chi connectivity index (χ3n) is 5.44. The molecule has 2 saturated heterocycles. The molecule has 2 fully saturated rings. The van der Waals surface area contributed by atoms with Crippen molar-refractivity contribution in [3.63, 3.8) is 0 Å². The lowest BCUT2D eigenvalue weighted by molar-refractivity contribution is -0.133. The van der Waals surface area contributed by atoms with Gasteiger partial charge in [-0.1, -0.05) is 30.3 Å². The van der Waals surface area contributed by atoms with Crippen LogP contribution in [0.5, 0.6) is 0 Å². The molecule has 2 aliphatic heterocycles. The molecule has 0 N–H and O–H groups in total. The zero-order valence-electron chi connectivity index (χ0n) is 14.7. The van der Waals surface area contributed by atoms with Crippen LogP contribution in [0.4, 0.5) is 0 Å². The van der Waals surface area contributed by atoms with Gasteiger partial charge in [0, 0.05) is 26.1 Å². The smallest absolute Gasteiger partial charge is 0.222 e. The lowest BCUT2D eigenvalue weighted by Gasteiger charge is -2.38. The maximum absolute atomic E-state index is 12.5. The first kappa shape index (κ1) is 17.4. The van der Waals surface area contributed by atoms with Crippen LogP contribution < -0.4 is 0 Å². The van der Waals surface area contributed by atoms with Gasteiger partial charge in [0.25, 0.3) is 0 Å². The topological polar surface area (TPSA) is 38.8 Å². The van der Waals surface area contributed by atoms with E-state index in [4.69, 9.17) is 9.47 Å². The maximum atomic E-state index is 12.5. The van der Waals surface area contributed by atoms with E-state index in [1.54, 1.807) is 0 Å². The van der Waals surface area contributed by atoms with Crippen LogP contribution in [-0.4, -0.2) is 49.8 Å². The molecule has 1 atom stereocenters. The minimum absolute atomic E-state index is 0.241. The van der Waals surface area contributed by atoms with Crippen molar-refractivity contribution < 1.29 is 14.3 Å². The van der Waals surface area contributed by atoms with E-state index in [9.17, 15) is 4.79 Å². The number of carbonyl (C=O) groups is 1. The van der Waals surface area contributed by atoms with Gasteiger partial charge in [0.15, 0.2) is 0 Å². The van der Waals surface area contributed by atoms with Crippen LogP contribution in [0.25, 0.3) is 0 Å². The van der Waals surface area contributed by atoms with Crippen LogP contribution in [0.3, 0.4) is 0 Å². The van der Waals surface area contributed by atoms with Crippen molar-refractivity contribution in [2.24, 2.45) is 5.41 Å². The molecule has 1 spiro atoms. The van der Waals surface area contributed by atoms with Gasteiger partial charge in [-0.2, -0.15) is 0 Å². The van der Waals surface area contributed by atoms with Gasteiger partial charge in [-0.25, -0.2) is 0 Å². The third-order valence-corrected chi connectivity index (χ3v) is 5.44. The second-order valence-corrected chi connectivity index (χ2v) is 7.16. The molecule has 3 rings (SSSR count). The molecular formula is C20H29NO3. The number of nitrogens with zero attached hydrogens (tertiary/aromatic N) is 1. The van der Waals surface area contributed by atoms with Crippen molar-refractivity contribution >= 4 is 5.91 Å². The molecule has 24 heavy (non-hydrogen) atoms. The van der Waals surface area contributed by atoms with Crippen LogP contribution in [0.15, 0.2) is 30.3 Å². The predicted octanol–water partition coefficient (Wildman–Crippen LogP) is 3.05. The Labute approximate surface area is 145 Å². The normalized spacial score (nSPS) is 22.9. The van der Waals surface area contributed by atoms with Crippen molar-refractivity contribution in [3.05, 3.63) is 35.9 Å². The number of hydrogen-bond acceptors (Lipinski definition) is 3. The Bertz CT molecular complexity index is 523. The maximum Gasteiger partial charge on any atom is 0.222 e. The first-order valence-electron chi connectivity index (χ1n) is 9.22. The number of hydrogen-bond donors (Lipinski definition) is 0. The number of aryl methyl sites for hydroxylation is 1. The van der Waals surface area contributed by atoms with Crippen LogP contribution in [0.2, 0.25) is 0 Å². The van der Waals surface area contributed by atoms with Gasteiger partial charge in [0.2, 0.25) is 5.91 Å². The molecule has 1 aromatic rings. The molecule has 1 unspecified atom stereocenters. The van der Waals surface area contributed by atoms with E-state index < -0.39 is 0 Å². The predicted molar refractivity (Wildman–Crippen MR) is 93.9 cm³/mol. The average molecular weight is 331 g/mol. The molecule has 0 bridgehead atoms. The molecular weight excluding hydrogens is 302 g/mol. The highest BCUT2D eigenvalue weighted by Crippen LogP contribution is 2.42. The van der Waals surface area contributed by atoms with Gasteiger partial charge < -0.3 is 14.4 Å². The van der Waals surface area contributed by atoms with Crippen molar-refractivity contribution in [1.82, 2.24) is 4.90 Å². The van der Waals surface area contributed by atoms with Crippen LogP contribution in [-0.2, 0) is 20.7 Å². The number of likely N-dealkylation sites (tertiary alicyclic amines) is 1. The number of rotatable bonds is 6. The lowest BCUT2D eigenvalue weighted by Crippen LogP contribution is -2.43. The Morgan fingerprint density at radius 3 is 2.75 bits per heavy atom. The van der Waals surface area contributed by atoms with Crippen LogP contribution in [0.1, 0.15) is 38.2 Å². The third kappa shape index (κ3) is 4.37. The fourth-order valence-corrected chi connectivity index (χ4v) is 3.88. The number of piperidine rings is 1. The number of ether oxygens (including phenoxy) is 2. The largest absolute Gasteiger partial charge is 0.379 e. The molecule has 0 aliphatic carbocycles. The van der Waals surface area contributed by atoms with Gasteiger partial charge in [0.05, 0.1) is 19.3 Å². The highest BCUT2D eigenvalue weighted by atomic mass is 16.5. The van der Waals surface area contributed by atoms with Gasteiger partial charge in [-0.05, 0) is 43.6 Å². The second-order valence-electron chi connectivity index (χ2n) is 7.16. The summed E-state index contributed by atoms with van der Waals surface area (Å²) in [6, 6.07) is 10.3. The fourth-order valence-electron chi connectivity index (χ4n) is 3.88. The summed E-state index contributed by atoms with van der Waals surface area (Å²) in [6.45, 7) is 6.05. The Morgan fingerprint density at radius 2 is 2.04 bits per heavy atom. The molecule has 2 aliphatic rings. The van der Waals surface area contributed by atoms with Crippen molar-refractivity contribution in [3.8, 4) is 0 Å². The molecule has 2 heterocycles. The molecule has 1 amide bonds. The van der Waals surface area contributed by atoms with Crippen LogP contribution in [0, 0.1) is 5.41 Å². The quantitative estimate of drug-likeness (QED) is 0.804. The number of benzene rings is 1. The molecule has 0 saturated carbocycles. The zero-order valence-corrected chi connectivity index (χ0v) is 14.7. The molecule has 1 aromatic carbocycles. The van der Waals surface area contributed by atoms with E-state index in [2.05, 4.69) is 12.1 Å². The Balaban J connectivity index is 1.42. The monoisotopic (exact) mass is 331 g/mol. The summed E-state index contributed by atoms with van der Waals surface area (Å²) in [7, 11) is 0. The summed E-state index contributed by atoms with van der Waals surface area (Å²) in [5.74, 6) is 0.290. The van der Waals surface area contributed by atoms with E-state index in [0.29, 0.717) is 18.9 Å². The first-order chi connectivity index (χ1) is 11.7. The van der Waals surface area contributed by atoms with Crippen molar-refractivity contribution in [1.29, 1.82) is 0 Å². The van der Waals surface area contributed by atoms with E-state index in [-0.39, 0.29) is 11.5 Å². The Morgan fingerprint density at radius 1 is 1.29 bits per heavy atom. The van der Waals surface area contributed by atoms with Gasteiger partial charge in [-0.3, -0.25) is 4.79 Å². The van der Waals surface area contributed by atoms with Crippen molar-refractivity contribution in [2.45, 2.75) is 45.1 Å². The molecule has 4 heteroatoms.